The highest BCUT2D eigenvalue weighted by Crippen LogP contribution is 2.43. The van der Waals surface area contributed by atoms with Gasteiger partial charge in [0.05, 0.1) is 24.7 Å². The van der Waals surface area contributed by atoms with E-state index >= 15 is 0 Å². The molecule has 4 saturated heterocycles. The van der Waals surface area contributed by atoms with Crippen LogP contribution in [0.4, 0.5) is 0 Å². The number of carbonyl (C=O) groups is 4. The first-order valence-electron chi connectivity index (χ1n) is 22.2. The highest BCUT2D eigenvalue weighted by atomic mass is 16.6. The summed E-state index contributed by atoms with van der Waals surface area (Å²) in [6.45, 7) is 31.1. The van der Waals surface area contributed by atoms with E-state index in [1.807, 2.05) is 0 Å². The Balaban J connectivity index is 1.72. The molecule has 0 spiro atoms. The van der Waals surface area contributed by atoms with Crippen LogP contribution < -0.4 is 0 Å². The number of carbonyl (C=O) groups excluding carboxylic acids is 4. The van der Waals surface area contributed by atoms with Gasteiger partial charge in [-0.05, 0) is 125 Å². The summed E-state index contributed by atoms with van der Waals surface area (Å²) < 4.78 is 24.7. The lowest BCUT2D eigenvalue weighted by Gasteiger charge is -2.53. The minimum absolute atomic E-state index is 0.222. The van der Waals surface area contributed by atoms with E-state index < -0.39 is 95.1 Å². The summed E-state index contributed by atoms with van der Waals surface area (Å²) in [6, 6.07) is 0. The van der Waals surface area contributed by atoms with Crippen molar-refractivity contribution >= 4 is 23.9 Å². The molecule has 4 rings (SSSR count). The molecule has 0 aliphatic carbocycles. The molecule has 0 aromatic rings. The number of ether oxygens (including phenoxy) is 4. The number of hydrogen-bond acceptors (Lipinski definition) is 12. The third-order valence-electron chi connectivity index (χ3n) is 14.7. The summed E-state index contributed by atoms with van der Waals surface area (Å²) >= 11 is 0. The van der Waals surface area contributed by atoms with E-state index in [-0.39, 0.29) is 47.8 Å². The third-order valence-corrected chi connectivity index (χ3v) is 14.7. The van der Waals surface area contributed by atoms with Gasteiger partial charge in [-0.1, -0.05) is 0 Å². The van der Waals surface area contributed by atoms with Gasteiger partial charge in [-0.25, -0.2) is 0 Å². The molecule has 4 fully saturated rings. The molecule has 2 unspecified atom stereocenters. The Morgan fingerprint density at radius 2 is 0.600 bits per heavy atom. The quantitative estimate of drug-likeness (QED) is 0.152. The highest BCUT2D eigenvalue weighted by molar-refractivity contribution is 5.88. The molecule has 0 bridgehead atoms. The van der Waals surface area contributed by atoms with Gasteiger partial charge < -0.3 is 18.9 Å². The predicted octanol–water partition coefficient (Wildman–Crippen LogP) is 7.21. The Hall–Kier alpha value is -2.36. The van der Waals surface area contributed by atoms with Crippen molar-refractivity contribution in [1.29, 1.82) is 0 Å². The Bertz CT molecular complexity index is 1410. The number of likely N-dealkylation sites (tertiary alicyclic amines) is 2. The van der Waals surface area contributed by atoms with E-state index in [1.165, 1.54) is 0 Å². The minimum Gasteiger partial charge on any atom is -0.462 e. The third kappa shape index (κ3) is 11.2. The van der Waals surface area contributed by atoms with Gasteiger partial charge in [-0.2, -0.15) is 0 Å². The van der Waals surface area contributed by atoms with Crippen molar-refractivity contribution in [2.75, 3.05) is 14.1 Å². The highest BCUT2D eigenvalue weighted by Gasteiger charge is 2.52. The van der Waals surface area contributed by atoms with Crippen molar-refractivity contribution in [3.05, 3.63) is 0 Å². The minimum atomic E-state index is -1.48. The van der Waals surface area contributed by atoms with Gasteiger partial charge in [0, 0.05) is 95.7 Å². The van der Waals surface area contributed by atoms with Crippen LogP contribution in [-0.4, -0.2) is 127 Å². The number of rotatable bonds is 11. The summed E-state index contributed by atoms with van der Waals surface area (Å²) in [5.41, 5.74) is -4.67. The molecule has 0 aromatic carbocycles. The van der Waals surface area contributed by atoms with E-state index in [1.54, 1.807) is 55.4 Å². The van der Waals surface area contributed by atoms with E-state index in [4.69, 9.17) is 18.9 Å². The fourth-order valence-corrected chi connectivity index (χ4v) is 11.3. The van der Waals surface area contributed by atoms with Crippen LogP contribution in [-0.2, 0) is 48.5 Å². The second-order valence-electron chi connectivity index (χ2n) is 23.8. The maximum atomic E-state index is 14.7. The van der Waals surface area contributed by atoms with Gasteiger partial charge in [0.1, 0.15) is 24.4 Å². The van der Waals surface area contributed by atoms with Gasteiger partial charge in [0.2, 0.25) is 0 Å². The van der Waals surface area contributed by atoms with Crippen LogP contribution in [0.5, 0.6) is 0 Å². The molecule has 0 N–H and O–H groups in total. The second kappa shape index (κ2) is 17.0. The normalized spacial score (nSPS) is 28.3. The Morgan fingerprint density at radius 1 is 0.400 bits per heavy atom. The Labute approximate surface area is 361 Å². The fraction of sp³-hybridized carbons (Fsp3) is 0.913. The first-order valence-corrected chi connectivity index (χ1v) is 22.2. The van der Waals surface area contributed by atoms with E-state index in [0.29, 0.717) is 25.7 Å². The molecule has 0 saturated carbocycles. The predicted molar refractivity (Wildman–Crippen MR) is 226 cm³/mol. The van der Waals surface area contributed by atoms with Crippen LogP contribution >= 0.6 is 0 Å². The van der Waals surface area contributed by atoms with Gasteiger partial charge in [-0.3, -0.25) is 29.0 Å². The molecule has 2 atom stereocenters. The first kappa shape index (κ1) is 50.3. The van der Waals surface area contributed by atoms with Crippen LogP contribution in [0.25, 0.3) is 0 Å². The fourth-order valence-electron chi connectivity index (χ4n) is 11.3. The van der Waals surface area contributed by atoms with Crippen LogP contribution in [0, 0.1) is 11.8 Å². The summed E-state index contributed by atoms with van der Waals surface area (Å²) in [5, 5.41) is 28.5. The maximum Gasteiger partial charge on any atom is 0.310 e. The van der Waals surface area contributed by atoms with Gasteiger partial charge in [0.25, 0.3) is 0 Å². The van der Waals surface area contributed by atoms with Gasteiger partial charge >= 0.3 is 23.9 Å². The Morgan fingerprint density at radius 3 is 0.833 bits per heavy atom. The zero-order valence-electron chi connectivity index (χ0n) is 40.4. The van der Waals surface area contributed by atoms with Crippen molar-refractivity contribution in [3.63, 3.8) is 0 Å². The van der Waals surface area contributed by atoms with E-state index in [0.717, 1.165) is 10.1 Å². The number of piperidine rings is 4. The molecule has 60 heavy (non-hydrogen) atoms. The lowest BCUT2D eigenvalue weighted by molar-refractivity contribution is -0.300. The van der Waals surface area contributed by atoms with Crippen molar-refractivity contribution in [3.8, 4) is 0 Å². The van der Waals surface area contributed by atoms with Crippen molar-refractivity contribution < 1.29 is 48.5 Å². The van der Waals surface area contributed by atoms with E-state index in [2.05, 4.69) is 79.3 Å². The molecule has 14 heteroatoms. The maximum absolute atomic E-state index is 14.7. The lowest BCUT2D eigenvalue weighted by atomic mass is 9.78. The average Bonchev–Trinajstić information content (AvgIpc) is 3.04. The molecule has 2 radical (unpaired) electrons. The summed E-state index contributed by atoms with van der Waals surface area (Å²) in [5.74, 6) is -6.05. The summed E-state index contributed by atoms with van der Waals surface area (Å²) in [6.07, 6.45) is -0.349. The number of nitrogens with zero attached hydrogens (tertiary/aromatic N) is 4. The zero-order valence-corrected chi connectivity index (χ0v) is 40.4. The number of hydrogen-bond donors (Lipinski definition) is 0. The van der Waals surface area contributed by atoms with Crippen molar-refractivity contribution in [2.24, 2.45) is 11.8 Å². The number of esters is 4. The number of hydroxylamine groups is 4. The van der Waals surface area contributed by atoms with Crippen LogP contribution in [0.15, 0.2) is 0 Å². The molecule has 0 aromatic heterocycles. The standard InChI is InChI=1S/C46H80N4O10/c1-39(2)21-29(22-40(3,4)47(39)17)57-35(51)19-33(37(53)59-31-25-43(9,10)49(55)44(11,12)26-31)34(38(54)60-32-27-45(13,14)50(56)46(15,16)28-32)20-36(52)58-30-23-41(5,6)48(18)42(7,8)24-30/h29-34H,19-28H2,1-18H3. The smallest absolute Gasteiger partial charge is 0.310 e. The molecular weight excluding hydrogens is 769 g/mol. The lowest BCUT2D eigenvalue weighted by Crippen LogP contribution is -2.60. The SMILES string of the molecule is CN1C(C)(C)CC(OC(=O)CC(C(=O)OC2CC(C)(C)N([O])C(C)(C)C2)C(CC(=O)OC2CC(C)(C)N(C)C(C)(C)C2)C(=O)OC2CC(C)(C)N([O])C(C)(C)C2)CC1(C)C. The van der Waals surface area contributed by atoms with Crippen LogP contribution in [0.3, 0.4) is 0 Å². The first-order chi connectivity index (χ1) is 26.9. The second-order valence-corrected chi connectivity index (χ2v) is 23.8. The largest absolute Gasteiger partial charge is 0.462 e. The Kier molecular flexibility index (Phi) is 14.2. The topological polar surface area (TPSA) is 158 Å². The molecule has 0 amide bonds. The van der Waals surface area contributed by atoms with Crippen LogP contribution in [0.2, 0.25) is 0 Å². The molecule has 4 heterocycles. The summed E-state index contributed by atoms with van der Waals surface area (Å²) in [7, 11) is 4.10. The van der Waals surface area contributed by atoms with Crippen molar-refractivity contribution in [2.45, 2.75) is 244 Å². The molecular formula is C46H80N4O10. The van der Waals surface area contributed by atoms with Gasteiger partial charge in [-0.15, -0.1) is 20.5 Å². The molecule has 344 valence electrons. The average molecular weight is 849 g/mol. The zero-order chi connectivity index (χ0) is 46.0. The summed E-state index contributed by atoms with van der Waals surface area (Å²) in [4.78, 5) is 62.3. The van der Waals surface area contributed by atoms with Gasteiger partial charge in [0.15, 0.2) is 0 Å². The monoisotopic (exact) mass is 849 g/mol. The molecule has 4 aliphatic rings. The molecule has 4 aliphatic heterocycles. The van der Waals surface area contributed by atoms with Crippen LogP contribution in [0.1, 0.15) is 175 Å². The van der Waals surface area contributed by atoms with Crippen molar-refractivity contribution in [1.82, 2.24) is 19.9 Å². The molecule has 14 nitrogen and oxygen atoms in total. The van der Waals surface area contributed by atoms with E-state index in [9.17, 15) is 29.6 Å².